The Hall–Kier alpha value is -1.24. The maximum absolute atomic E-state index is 5.44. The molecule has 114 valence electrons. The molecular formula is C15H22N4OS. The molecule has 1 saturated heterocycles. The predicted molar refractivity (Wildman–Crippen MR) is 84.2 cm³/mol. The van der Waals surface area contributed by atoms with E-state index in [0.29, 0.717) is 11.9 Å². The molecule has 1 fully saturated rings. The third kappa shape index (κ3) is 3.70. The largest absolute Gasteiger partial charge is 0.338 e. The van der Waals surface area contributed by atoms with Crippen molar-refractivity contribution in [2.24, 2.45) is 0 Å². The van der Waals surface area contributed by atoms with E-state index in [1.807, 2.05) is 16.8 Å². The smallest absolute Gasteiger partial charge is 0.241 e. The number of piperidine rings is 1. The van der Waals surface area contributed by atoms with Crippen LogP contribution in [-0.4, -0.2) is 40.7 Å². The molecule has 2 aromatic heterocycles. The van der Waals surface area contributed by atoms with Crippen LogP contribution in [0.15, 0.2) is 21.3 Å². The van der Waals surface area contributed by atoms with Crippen LogP contribution in [0.2, 0.25) is 0 Å². The summed E-state index contributed by atoms with van der Waals surface area (Å²) < 4.78 is 5.44. The highest BCUT2D eigenvalue weighted by atomic mass is 32.1. The van der Waals surface area contributed by atoms with Crippen LogP contribution in [0.4, 0.5) is 0 Å². The SMILES string of the molecule is CCCN(Cc1nc(-c2ccsc2)no1)C1CCCNC1. The Morgan fingerprint density at radius 3 is 3.19 bits per heavy atom. The maximum atomic E-state index is 5.44. The van der Waals surface area contributed by atoms with E-state index in [9.17, 15) is 0 Å². The minimum absolute atomic E-state index is 0.579. The van der Waals surface area contributed by atoms with Gasteiger partial charge in [-0.2, -0.15) is 16.3 Å². The van der Waals surface area contributed by atoms with Crippen molar-refractivity contribution >= 4 is 11.3 Å². The summed E-state index contributed by atoms with van der Waals surface area (Å²) in [4.78, 5) is 7.01. The predicted octanol–water partition coefficient (Wildman–Crippen LogP) is 2.76. The van der Waals surface area contributed by atoms with Gasteiger partial charge in [-0.15, -0.1) is 0 Å². The summed E-state index contributed by atoms with van der Waals surface area (Å²) in [5.41, 5.74) is 1.04. The average molecular weight is 306 g/mol. The standard InChI is InChI=1S/C15H22N4OS/c1-2-7-19(13-4-3-6-16-9-13)10-14-17-15(18-20-14)12-5-8-21-11-12/h5,8,11,13,16H,2-4,6-7,9-10H2,1H3. The molecule has 0 bridgehead atoms. The van der Waals surface area contributed by atoms with Crippen LogP contribution in [0, 0.1) is 0 Å². The highest BCUT2D eigenvalue weighted by Crippen LogP contribution is 2.20. The quantitative estimate of drug-likeness (QED) is 0.889. The highest BCUT2D eigenvalue weighted by molar-refractivity contribution is 7.08. The Labute approximate surface area is 129 Å². The van der Waals surface area contributed by atoms with Crippen molar-refractivity contribution in [1.29, 1.82) is 0 Å². The fourth-order valence-corrected chi connectivity index (χ4v) is 3.46. The lowest BCUT2D eigenvalue weighted by Gasteiger charge is -2.33. The van der Waals surface area contributed by atoms with Crippen molar-refractivity contribution in [2.75, 3.05) is 19.6 Å². The minimum atomic E-state index is 0.579. The molecule has 3 rings (SSSR count). The van der Waals surface area contributed by atoms with E-state index >= 15 is 0 Å². The van der Waals surface area contributed by atoms with E-state index in [-0.39, 0.29) is 0 Å². The second-order valence-electron chi connectivity index (χ2n) is 5.49. The zero-order valence-corrected chi connectivity index (χ0v) is 13.2. The number of rotatable bonds is 6. The fourth-order valence-electron chi connectivity index (χ4n) is 2.82. The minimum Gasteiger partial charge on any atom is -0.338 e. The first-order valence-electron chi connectivity index (χ1n) is 7.66. The first-order chi connectivity index (χ1) is 10.4. The zero-order valence-electron chi connectivity index (χ0n) is 12.4. The van der Waals surface area contributed by atoms with Crippen molar-refractivity contribution in [3.63, 3.8) is 0 Å². The molecule has 0 amide bonds. The summed E-state index contributed by atoms with van der Waals surface area (Å²) >= 11 is 1.65. The van der Waals surface area contributed by atoms with E-state index in [0.717, 1.165) is 44.1 Å². The second-order valence-corrected chi connectivity index (χ2v) is 6.27. The summed E-state index contributed by atoms with van der Waals surface area (Å²) in [6.45, 7) is 6.23. The van der Waals surface area contributed by atoms with Crippen LogP contribution in [0.1, 0.15) is 32.1 Å². The lowest BCUT2D eigenvalue weighted by molar-refractivity contribution is 0.140. The molecule has 0 saturated carbocycles. The van der Waals surface area contributed by atoms with E-state index in [2.05, 4.69) is 27.3 Å². The normalized spacial score (nSPS) is 19.2. The molecule has 1 N–H and O–H groups in total. The van der Waals surface area contributed by atoms with Crippen molar-refractivity contribution in [3.05, 3.63) is 22.7 Å². The van der Waals surface area contributed by atoms with Crippen molar-refractivity contribution in [2.45, 2.75) is 38.8 Å². The third-order valence-electron chi connectivity index (χ3n) is 3.88. The summed E-state index contributed by atoms with van der Waals surface area (Å²) in [7, 11) is 0. The van der Waals surface area contributed by atoms with Crippen molar-refractivity contribution < 1.29 is 4.52 Å². The van der Waals surface area contributed by atoms with E-state index in [1.54, 1.807) is 11.3 Å². The first-order valence-corrected chi connectivity index (χ1v) is 8.61. The fraction of sp³-hybridized carbons (Fsp3) is 0.600. The average Bonchev–Trinajstić information content (AvgIpc) is 3.19. The van der Waals surface area contributed by atoms with E-state index < -0.39 is 0 Å². The molecule has 0 radical (unpaired) electrons. The number of thiophene rings is 1. The van der Waals surface area contributed by atoms with Crippen LogP contribution in [0.25, 0.3) is 11.4 Å². The maximum Gasteiger partial charge on any atom is 0.241 e. The highest BCUT2D eigenvalue weighted by Gasteiger charge is 2.22. The van der Waals surface area contributed by atoms with E-state index in [4.69, 9.17) is 4.52 Å². The number of nitrogens with zero attached hydrogens (tertiary/aromatic N) is 3. The number of aromatic nitrogens is 2. The Balaban J connectivity index is 1.67. The van der Waals surface area contributed by atoms with Crippen LogP contribution in [0.5, 0.6) is 0 Å². The van der Waals surface area contributed by atoms with Gasteiger partial charge < -0.3 is 9.84 Å². The van der Waals surface area contributed by atoms with Crippen LogP contribution in [0.3, 0.4) is 0 Å². The van der Waals surface area contributed by atoms with Crippen LogP contribution < -0.4 is 5.32 Å². The summed E-state index contributed by atoms with van der Waals surface area (Å²) in [6, 6.07) is 2.60. The second kappa shape index (κ2) is 7.15. The van der Waals surface area contributed by atoms with Gasteiger partial charge in [-0.05, 0) is 43.8 Å². The third-order valence-corrected chi connectivity index (χ3v) is 4.57. The van der Waals surface area contributed by atoms with Gasteiger partial charge in [-0.1, -0.05) is 12.1 Å². The molecule has 3 heterocycles. The molecule has 1 unspecified atom stereocenters. The monoisotopic (exact) mass is 306 g/mol. The molecule has 21 heavy (non-hydrogen) atoms. The summed E-state index contributed by atoms with van der Waals surface area (Å²) in [5.74, 6) is 1.42. The molecule has 6 heteroatoms. The van der Waals surface area contributed by atoms with Gasteiger partial charge in [0, 0.05) is 23.5 Å². The summed E-state index contributed by atoms with van der Waals surface area (Å²) in [6.07, 6.45) is 3.63. The molecule has 1 aliphatic heterocycles. The van der Waals surface area contributed by atoms with Gasteiger partial charge in [-0.3, -0.25) is 4.90 Å². The van der Waals surface area contributed by atoms with Gasteiger partial charge in [0.15, 0.2) is 0 Å². The van der Waals surface area contributed by atoms with Gasteiger partial charge >= 0.3 is 0 Å². The Bertz CT molecular complexity index is 534. The molecular weight excluding hydrogens is 284 g/mol. The summed E-state index contributed by atoms with van der Waals surface area (Å²) in [5, 5.41) is 11.7. The van der Waals surface area contributed by atoms with Crippen molar-refractivity contribution in [1.82, 2.24) is 20.4 Å². The molecule has 0 aromatic carbocycles. The van der Waals surface area contributed by atoms with Gasteiger partial charge in [0.1, 0.15) is 0 Å². The lowest BCUT2D eigenvalue weighted by Crippen LogP contribution is -2.45. The van der Waals surface area contributed by atoms with E-state index in [1.165, 1.54) is 12.8 Å². The molecule has 0 aliphatic carbocycles. The van der Waals surface area contributed by atoms with Gasteiger partial charge in [-0.25, -0.2) is 0 Å². The number of hydrogen-bond acceptors (Lipinski definition) is 6. The number of nitrogens with one attached hydrogen (secondary N) is 1. The first kappa shape index (κ1) is 14.7. The van der Waals surface area contributed by atoms with Gasteiger partial charge in [0.2, 0.25) is 11.7 Å². The lowest BCUT2D eigenvalue weighted by atomic mass is 10.1. The Morgan fingerprint density at radius 1 is 1.52 bits per heavy atom. The van der Waals surface area contributed by atoms with Gasteiger partial charge in [0.25, 0.3) is 0 Å². The van der Waals surface area contributed by atoms with Crippen LogP contribution >= 0.6 is 11.3 Å². The molecule has 1 atom stereocenters. The Morgan fingerprint density at radius 2 is 2.48 bits per heavy atom. The molecule has 2 aromatic rings. The Kier molecular flexibility index (Phi) is 5.00. The van der Waals surface area contributed by atoms with Crippen molar-refractivity contribution in [3.8, 4) is 11.4 Å². The van der Waals surface area contributed by atoms with Crippen LogP contribution in [-0.2, 0) is 6.54 Å². The molecule has 0 spiro atoms. The zero-order chi connectivity index (χ0) is 14.5. The topological polar surface area (TPSA) is 54.2 Å². The van der Waals surface area contributed by atoms with Gasteiger partial charge in [0.05, 0.1) is 6.54 Å². The molecule has 1 aliphatic rings. The number of hydrogen-bond donors (Lipinski definition) is 1. The molecule has 5 nitrogen and oxygen atoms in total.